The molecule has 0 radical (unpaired) electrons. The summed E-state index contributed by atoms with van der Waals surface area (Å²) in [5.74, 6) is 0. The molecule has 0 aliphatic carbocycles. The van der Waals surface area contributed by atoms with Crippen molar-refractivity contribution in [2.24, 2.45) is 0 Å². The van der Waals surface area contributed by atoms with Gasteiger partial charge in [0.1, 0.15) is 0 Å². The Balaban J connectivity index is 1.36. The number of rotatable bonds is 6. The van der Waals surface area contributed by atoms with Gasteiger partial charge in [0.05, 0.1) is 29.8 Å². The molecule has 2 heterocycles. The number of hydrogen-bond donors (Lipinski definition) is 2. The maximum absolute atomic E-state index is 6.06. The van der Waals surface area contributed by atoms with E-state index in [2.05, 4.69) is 27.8 Å². The minimum absolute atomic E-state index is 0.536. The van der Waals surface area contributed by atoms with Crippen molar-refractivity contribution in [2.75, 3.05) is 5.32 Å². The van der Waals surface area contributed by atoms with Crippen LogP contribution in [0, 0.1) is 13.8 Å². The molecule has 0 atom stereocenters. The van der Waals surface area contributed by atoms with Crippen LogP contribution in [0.3, 0.4) is 0 Å². The van der Waals surface area contributed by atoms with E-state index >= 15 is 0 Å². The molecule has 2 aromatic heterocycles. The highest BCUT2D eigenvalue weighted by atomic mass is 35.5. The van der Waals surface area contributed by atoms with Gasteiger partial charge in [-0.3, -0.25) is 4.68 Å². The molecule has 4 aromatic rings. The molecule has 8 heteroatoms. The van der Waals surface area contributed by atoms with Crippen molar-refractivity contribution in [3.8, 4) is 5.69 Å². The van der Waals surface area contributed by atoms with E-state index in [4.69, 9.17) is 23.8 Å². The first-order valence-electron chi connectivity index (χ1n) is 9.92. The third kappa shape index (κ3) is 5.13. The number of thiocarbonyl (C=S) groups is 1. The monoisotopic (exact) mass is 450 g/mol. The summed E-state index contributed by atoms with van der Waals surface area (Å²) in [7, 11) is 0. The van der Waals surface area contributed by atoms with Crippen LogP contribution in [-0.2, 0) is 13.1 Å². The van der Waals surface area contributed by atoms with E-state index in [1.807, 2.05) is 77.1 Å². The predicted molar refractivity (Wildman–Crippen MR) is 129 cm³/mol. The zero-order valence-electron chi connectivity index (χ0n) is 17.3. The maximum atomic E-state index is 6.06. The Morgan fingerprint density at radius 3 is 2.68 bits per heavy atom. The maximum Gasteiger partial charge on any atom is 0.171 e. The van der Waals surface area contributed by atoms with Crippen LogP contribution >= 0.6 is 23.8 Å². The topological polar surface area (TPSA) is 59.7 Å². The molecule has 0 bridgehead atoms. The smallest absolute Gasteiger partial charge is 0.171 e. The van der Waals surface area contributed by atoms with Crippen molar-refractivity contribution in [3.63, 3.8) is 0 Å². The third-order valence-corrected chi connectivity index (χ3v) is 5.47. The molecule has 31 heavy (non-hydrogen) atoms. The van der Waals surface area contributed by atoms with Crippen LogP contribution in [0.25, 0.3) is 5.69 Å². The van der Waals surface area contributed by atoms with Crippen LogP contribution < -0.4 is 10.6 Å². The fourth-order valence-corrected chi connectivity index (χ4v) is 3.84. The lowest BCUT2D eigenvalue weighted by Gasteiger charge is -2.10. The number of para-hydroxylation sites is 1. The van der Waals surface area contributed by atoms with Crippen molar-refractivity contribution in [3.05, 3.63) is 94.5 Å². The number of halogens is 1. The lowest BCUT2D eigenvalue weighted by Crippen LogP contribution is -2.28. The number of nitrogens with one attached hydrogen (secondary N) is 2. The minimum Gasteiger partial charge on any atom is -0.358 e. The number of aryl methyl sites for hydroxylation is 1. The highest BCUT2D eigenvalue weighted by Crippen LogP contribution is 2.18. The van der Waals surface area contributed by atoms with Crippen molar-refractivity contribution in [1.82, 2.24) is 24.9 Å². The predicted octanol–water partition coefficient (Wildman–Crippen LogP) is 4.87. The summed E-state index contributed by atoms with van der Waals surface area (Å²) >= 11 is 11.5. The van der Waals surface area contributed by atoms with E-state index in [9.17, 15) is 0 Å². The van der Waals surface area contributed by atoms with Gasteiger partial charge in [0.25, 0.3) is 0 Å². The average molecular weight is 451 g/mol. The zero-order chi connectivity index (χ0) is 21.8. The van der Waals surface area contributed by atoms with Crippen molar-refractivity contribution < 1.29 is 0 Å². The van der Waals surface area contributed by atoms with Gasteiger partial charge in [-0.05, 0) is 55.9 Å². The van der Waals surface area contributed by atoms with Crippen LogP contribution in [0.5, 0.6) is 0 Å². The second kappa shape index (κ2) is 9.32. The highest BCUT2D eigenvalue weighted by Gasteiger charge is 2.13. The lowest BCUT2D eigenvalue weighted by atomic mass is 10.2. The molecule has 0 aliphatic heterocycles. The molecule has 0 saturated carbocycles. The first-order chi connectivity index (χ1) is 15.0. The number of aromatic nitrogens is 4. The molecule has 0 fully saturated rings. The van der Waals surface area contributed by atoms with Gasteiger partial charge >= 0.3 is 0 Å². The van der Waals surface area contributed by atoms with E-state index in [1.54, 1.807) is 6.20 Å². The van der Waals surface area contributed by atoms with Gasteiger partial charge in [-0.25, -0.2) is 4.68 Å². The fourth-order valence-electron chi connectivity index (χ4n) is 3.43. The van der Waals surface area contributed by atoms with Crippen LogP contribution in [0.1, 0.15) is 22.5 Å². The zero-order valence-corrected chi connectivity index (χ0v) is 18.9. The molecule has 0 unspecified atom stereocenters. The molecule has 2 N–H and O–H groups in total. The average Bonchev–Trinajstić information content (AvgIpc) is 3.30. The molecule has 0 aliphatic rings. The lowest BCUT2D eigenvalue weighted by molar-refractivity contribution is 0.687. The molecular formula is C23H23ClN6S. The van der Waals surface area contributed by atoms with Gasteiger partial charge in [0.15, 0.2) is 5.11 Å². The molecular weight excluding hydrogens is 428 g/mol. The SMILES string of the molecule is Cc1nn(-c2ccccc2)c(C)c1CNC(=S)Nc1cnn(Cc2cccc(Cl)c2)c1. The van der Waals surface area contributed by atoms with Crippen LogP contribution in [-0.4, -0.2) is 24.7 Å². The quantitative estimate of drug-likeness (QED) is 0.410. The molecule has 2 aromatic carbocycles. The molecule has 0 spiro atoms. The number of nitrogens with zero attached hydrogens (tertiary/aromatic N) is 4. The Labute approximate surface area is 191 Å². The standard InChI is InChI=1S/C23H23ClN6S/c1-16-22(17(2)30(28-16)21-9-4-3-5-10-21)13-25-23(31)27-20-12-26-29(15-20)14-18-7-6-8-19(24)11-18/h3-12,15H,13-14H2,1-2H3,(H2,25,27,31). The summed E-state index contributed by atoms with van der Waals surface area (Å²) in [6.45, 7) is 5.31. The minimum atomic E-state index is 0.536. The normalized spacial score (nSPS) is 10.8. The molecule has 4 rings (SSSR count). The van der Waals surface area contributed by atoms with Gasteiger partial charge in [-0.15, -0.1) is 0 Å². The van der Waals surface area contributed by atoms with E-state index < -0.39 is 0 Å². The second-order valence-electron chi connectivity index (χ2n) is 7.26. The van der Waals surface area contributed by atoms with E-state index in [-0.39, 0.29) is 0 Å². The molecule has 0 amide bonds. The third-order valence-electron chi connectivity index (χ3n) is 4.99. The van der Waals surface area contributed by atoms with Gasteiger partial charge in [0, 0.05) is 29.0 Å². The summed E-state index contributed by atoms with van der Waals surface area (Å²) in [5.41, 5.74) is 6.16. The van der Waals surface area contributed by atoms with Crippen molar-refractivity contribution in [1.29, 1.82) is 0 Å². The van der Waals surface area contributed by atoms with E-state index in [0.717, 1.165) is 38.9 Å². The Morgan fingerprint density at radius 2 is 1.90 bits per heavy atom. The Morgan fingerprint density at radius 1 is 1.10 bits per heavy atom. The molecule has 6 nitrogen and oxygen atoms in total. The molecule has 0 saturated heterocycles. The van der Waals surface area contributed by atoms with E-state index in [1.165, 1.54) is 0 Å². The van der Waals surface area contributed by atoms with Crippen LogP contribution in [0.4, 0.5) is 5.69 Å². The van der Waals surface area contributed by atoms with Gasteiger partial charge in [-0.2, -0.15) is 10.2 Å². The summed E-state index contributed by atoms with van der Waals surface area (Å²) in [6, 6.07) is 17.9. The Kier molecular flexibility index (Phi) is 6.34. The first kappa shape index (κ1) is 21.1. The summed E-state index contributed by atoms with van der Waals surface area (Å²) in [5, 5.41) is 16.8. The Hall–Kier alpha value is -3.16. The van der Waals surface area contributed by atoms with Crippen molar-refractivity contribution >= 4 is 34.6 Å². The van der Waals surface area contributed by atoms with Gasteiger partial charge in [0.2, 0.25) is 0 Å². The summed E-state index contributed by atoms with van der Waals surface area (Å²) < 4.78 is 3.80. The first-order valence-corrected chi connectivity index (χ1v) is 10.7. The van der Waals surface area contributed by atoms with Gasteiger partial charge in [-0.1, -0.05) is 41.9 Å². The van der Waals surface area contributed by atoms with E-state index in [0.29, 0.717) is 18.2 Å². The fraction of sp³-hybridized carbons (Fsp3) is 0.174. The van der Waals surface area contributed by atoms with Crippen molar-refractivity contribution in [2.45, 2.75) is 26.9 Å². The second-order valence-corrected chi connectivity index (χ2v) is 8.11. The van der Waals surface area contributed by atoms with Crippen LogP contribution in [0.15, 0.2) is 67.0 Å². The van der Waals surface area contributed by atoms with Gasteiger partial charge < -0.3 is 10.6 Å². The molecule has 158 valence electrons. The van der Waals surface area contributed by atoms with Crippen LogP contribution in [0.2, 0.25) is 5.02 Å². The summed E-state index contributed by atoms with van der Waals surface area (Å²) in [6.07, 6.45) is 3.67. The summed E-state index contributed by atoms with van der Waals surface area (Å²) in [4.78, 5) is 0. The highest BCUT2D eigenvalue weighted by molar-refractivity contribution is 7.80. The number of anilines is 1. The Bertz CT molecular complexity index is 1200. The number of benzene rings is 2. The largest absolute Gasteiger partial charge is 0.358 e. The number of hydrogen-bond acceptors (Lipinski definition) is 3.